The normalized spacial score (nSPS) is 17.5. The fraction of sp³-hybridized carbons (Fsp3) is 0.0556. The van der Waals surface area contributed by atoms with E-state index in [0.29, 0.717) is 15.8 Å². The molecule has 1 saturated heterocycles. The second-order valence-corrected chi connectivity index (χ2v) is 7.18. The molecule has 7 heteroatoms. The molecule has 2 aromatic carbocycles. The largest absolute Gasteiger partial charge is 0.545 e. The molecule has 0 unspecified atom stereocenters. The minimum Gasteiger partial charge on any atom is -0.545 e. The lowest BCUT2D eigenvalue weighted by molar-refractivity contribution is -0.255. The quantitative estimate of drug-likeness (QED) is 0.722. The highest BCUT2D eigenvalue weighted by Gasteiger charge is 2.30. The van der Waals surface area contributed by atoms with Crippen molar-refractivity contribution in [2.24, 2.45) is 4.99 Å². The molecule has 1 amide bonds. The van der Waals surface area contributed by atoms with Crippen LogP contribution in [0.2, 0.25) is 0 Å². The number of carbonyl (C=O) groups is 2. The van der Waals surface area contributed by atoms with Gasteiger partial charge in [-0.25, -0.2) is 4.99 Å². The number of carboxylic acids is 1. The van der Waals surface area contributed by atoms with Crippen LogP contribution in [-0.2, 0) is 4.79 Å². The molecule has 25 heavy (non-hydrogen) atoms. The van der Waals surface area contributed by atoms with E-state index in [1.54, 1.807) is 19.2 Å². The SMILES string of the molecule is CN1C(=O)/C(=C/c2cccc(Br)c2)SC1=Nc1ccc(C(=O)[O-])cc1. The molecule has 1 heterocycles. The summed E-state index contributed by atoms with van der Waals surface area (Å²) >= 11 is 4.69. The van der Waals surface area contributed by atoms with Gasteiger partial charge in [0.15, 0.2) is 5.17 Å². The number of amidine groups is 1. The Labute approximate surface area is 157 Å². The first-order chi connectivity index (χ1) is 11.9. The van der Waals surface area contributed by atoms with Gasteiger partial charge >= 0.3 is 0 Å². The molecule has 2 aromatic rings. The lowest BCUT2D eigenvalue weighted by atomic mass is 10.2. The molecule has 0 bridgehead atoms. The van der Waals surface area contributed by atoms with Crippen molar-refractivity contribution in [1.82, 2.24) is 4.90 Å². The number of benzene rings is 2. The van der Waals surface area contributed by atoms with Crippen molar-refractivity contribution in [3.8, 4) is 0 Å². The van der Waals surface area contributed by atoms with Crippen LogP contribution in [0.15, 0.2) is 62.9 Å². The molecule has 126 valence electrons. The number of rotatable bonds is 3. The van der Waals surface area contributed by atoms with Crippen molar-refractivity contribution in [2.75, 3.05) is 7.05 Å². The van der Waals surface area contributed by atoms with Gasteiger partial charge < -0.3 is 9.90 Å². The predicted molar refractivity (Wildman–Crippen MR) is 100 cm³/mol. The predicted octanol–water partition coefficient (Wildman–Crippen LogP) is 3.05. The van der Waals surface area contributed by atoms with Gasteiger partial charge in [-0.05, 0) is 53.2 Å². The van der Waals surface area contributed by atoms with Crippen molar-refractivity contribution in [3.63, 3.8) is 0 Å². The Bertz CT molecular complexity index is 907. The molecule has 0 saturated carbocycles. The molecule has 1 aliphatic rings. The average Bonchev–Trinajstić information content (AvgIpc) is 2.83. The number of likely N-dealkylation sites (N-methyl/N-ethyl adjacent to an activating group) is 1. The zero-order valence-corrected chi connectivity index (χ0v) is 15.5. The maximum Gasteiger partial charge on any atom is 0.266 e. The van der Waals surface area contributed by atoms with Gasteiger partial charge in [0.2, 0.25) is 0 Å². The third-order valence-electron chi connectivity index (χ3n) is 3.48. The summed E-state index contributed by atoms with van der Waals surface area (Å²) in [5, 5.41) is 11.3. The third kappa shape index (κ3) is 4.00. The van der Waals surface area contributed by atoms with E-state index in [9.17, 15) is 14.7 Å². The summed E-state index contributed by atoms with van der Waals surface area (Å²) < 4.78 is 0.938. The Kier molecular flexibility index (Phi) is 5.06. The monoisotopic (exact) mass is 415 g/mol. The van der Waals surface area contributed by atoms with Crippen molar-refractivity contribution >= 4 is 56.5 Å². The van der Waals surface area contributed by atoms with Crippen LogP contribution in [0.25, 0.3) is 6.08 Å². The van der Waals surface area contributed by atoms with Gasteiger partial charge in [0.05, 0.1) is 16.6 Å². The Morgan fingerprint density at radius 1 is 1.24 bits per heavy atom. The van der Waals surface area contributed by atoms with Gasteiger partial charge in [-0.1, -0.05) is 40.2 Å². The molecule has 0 atom stereocenters. The number of thioether (sulfide) groups is 1. The van der Waals surface area contributed by atoms with Crippen LogP contribution in [0, 0.1) is 0 Å². The first kappa shape index (κ1) is 17.4. The smallest absolute Gasteiger partial charge is 0.266 e. The Morgan fingerprint density at radius 2 is 1.96 bits per heavy atom. The summed E-state index contributed by atoms with van der Waals surface area (Å²) in [6.45, 7) is 0. The van der Waals surface area contributed by atoms with Crippen LogP contribution in [0.5, 0.6) is 0 Å². The number of aliphatic imine (C=N–C) groups is 1. The molecule has 3 rings (SSSR count). The second-order valence-electron chi connectivity index (χ2n) is 5.26. The summed E-state index contributed by atoms with van der Waals surface area (Å²) in [6, 6.07) is 13.7. The molecule has 1 aliphatic heterocycles. The number of carbonyl (C=O) groups excluding carboxylic acids is 2. The summed E-state index contributed by atoms with van der Waals surface area (Å²) in [7, 11) is 1.66. The van der Waals surface area contributed by atoms with Gasteiger partial charge in [-0.3, -0.25) is 9.69 Å². The number of carboxylic acid groups (broad SMARTS) is 1. The summed E-state index contributed by atoms with van der Waals surface area (Å²) in [5.74, 6) is -1.36. The van der Waals surface area contributed by atoms with E-state index in [2.05, 4.69) is 20.9 Å². The summed E-state index contributed by atoms with van der Waals surface area (Å²) in [4.78, 5) is 29.6. The fourth-order valence-corrected chi connectivity index (χ4v) is 3.59. The van der Waals surface area contributed by atoms with Gasteiger partial charge in [-0.15, -0.1) is 0 Å². The van der Waals surface area contributed by atoms with Gasteiger partial charge in [0, 0.05) is 11.5 Å². The highest BCUT2D eigenvalue weighted by atomic mass is 79.9. The van der Waals surface area contributed by atoms with E-state index in [1.807, 2.05) is 30.3 Å². The minimum absolute atomic E-state index is 0.0858. The maximum atomic E-state index is 12.4. The van der Waals surface area contributed by atoms with Crippen LogP contribution in [0.1, 0.15) is 15.9 Å². The van der Waals surface area contributed by atoms with E-state index in [4.69, 9.17) is 0 Å². The van der Waals surface area contributed by atoms with Crippen LogP contribution < -0.4 is 5.11 Å². The van der Waals surface area contributed by atoms with Crippen molar-refractivity contribution in [1.29, 1.82) is 0 Å². The lowest BCUT2D eigenvalue weighted by Gasteiger charge is -2.07. The topological polar surface area (TPSA) is 72.8 Å². The van der Waals surface area contributed by atoms with E-state index in [-0.39, 0.29) is 11.5 Å². The van der Waals surface area contributed by atoms with Crippen LogP contribution >= 0.6 is 27.7 Å². The van der Waals surface area contributed by atoms with Crippen LogP contribution in [-0.4, -0.2) is 29.0 Å². The number of aromatic carboxylic acids is 1. The molecule has 0 N–H and O–H groups in total. The van der Waals surface area contributed by atoms with E-state index in [1.165, 1.54) is 28.8 Å². The van der Waals surface area contributed by atoms with E-state index in [0.717, 1.165) is 10.0 Å². The first-order valence-electron chi connectivity index (χ1n) is 7.27. The molecular formula is C18H12BrN2O3S-. The molecule has 0 radical (unpaired) electrons. The molecule has 5 nitrogen and oxygen atoms in total. The zero-order valence-electron chi connectivity index (χ0n) is 13.1. The minimum atomic E-state index is -1.24. The lowest BCUT2D eigenvalue weighted by Crippen LogP contribution is -2.23. The Morgan fingerprint density at radius 3 is 2.60 bits per heavy atom. The number of hydrogen-bond acceptors (Lipinski definition) is 5. The number of nitrogens with zero attached hydrogens (tertiary/aromatic N) is 2. The second kappa shape index (κ2) is 7.25. The Hall–Kier alpha value is -2.38. The Balaban J connectivity index is 1.86. The fourth-order valence-electron chi connectivity index (χ4n) is 2.18. The van der Waals surface area contributed by atoms with Crippen molar-refractivity contribution < 1.29 is 14.7 Å². The molecule has 0 aromatic heterocycles. The summed E-state index contributed by atoms with van der Waals surface area (Å²) in [6.07, 6.45) is 1.82. The van der Waals surface area contributed by atoms with Crippen molar-refractivity contribution in [2.45, 2.75) is 0 Å². The highest BCUT2D eigenvalue weighted by molar-refractivity contribution is 9.10. The molecule has 0 spiro atoms. The van der Waals surface area contributed by atoms with Crippen molar-refractivity contribution in [3.05, 3.63) is 69.0 Å². The summed E-state index contributed by atoms with van der Waals surface area (Å²) in [5.41, 5.74) is 1.57. The average molecular weight is 416 g/mol. The molecule has 0 aliphatic carbocycles. The maximum absolute atomic E-state index is 12.4. The van der Waals surface area contributed by atoms with Crippen LogP contribution in [0.4, 0.5) is 5.69 Å². The highest BCUT2D eigenvalue weighted by Crippen LogP contribution is 2.33. The van der Waals surface area contributed by atoms with E-state index < -0.39 is 5.97 Å². The number of halogens is 1. The molecule has 1 fully saturated rings. The zero-order chi connectivity index (χ0) is 18.0. The first-order valence-corrected chi connectivity index (χ1v) is 8.88. The van der Waals surface area contributed by atoms with E-state index >= 15 is 0 Å². The molecular weight excluding hydrogens is 404 g/mol. The van der Waals surface area contributed by atoms with Crippen LogP contribution in [0.3, 0.4) is 0 Å². The van der Waals surface area contributed by atoms with Gasteiger partial charge in [-0.2, -0.15) is 0 Å². The number of hydrogen-bond donors (Lipinski definition) is 0. The van der Waals surface area contributed by atoms with Gasteiger partial charge in [0.25, 0.3) is 5.91 Å². The van der Waals surface area contributed by atoms with Gasteiger partial charge in [0.1, 0.15) is 0 Å². The third-order valence-corrected chi connectivity index (χ3v) is 5.03. The standard InChI is InChI=1S/C18H13BrN2O3S/c1-21-16(22)15(10-11-3-2-4-13(19)9-11)25-18(21)20-14-7-5-12(6-8-14)17(23)24/h2-10H,1H3,(H,23,24)/p-1/b15-10-,20-18?. The number of amides is 1.